The number of carboxylic acid groups (broad SMARTS) is 1. The molecule has 3 aromatic heterocycles. The first kappa shape index (κ1) is 20.9. The quantitative estimate of drug-likeness (QED) is 0.379. The van der Waals surface area contributed by atoms with Crippen molar-refractivity contribution in [3.05, 3.63) is 52.0 Å². The molecule has 0 aliphatic heterocycles. The molecule has 0 amide bonds. The summed E-state index contributed by atoms with van der Waals surface area (Å²) in [5, 5.41) is 29.4. The molecular weight excluding hydrogens is 422 g/mol. The van der Waals surface area contributed by atoms with Crippen molar-refractivity contribution in [1.29, 1.82) is 0 Å². The molecule has 1 aromatic carbocycles. The summed E-state index contributed by atoms with van der Waals surface area (Å²) in [5.41, 5.74) is 5.06. The maximum Gasteiger partial charge on any atom is 0.335 e. The molecule has 1 aliphatic carbocycles. The Labute approximate surface area is 190 Å². The molecule has 0 bridgehead atoms. The van der Waals surface area contributed by atoms with E-state index < -0.39 is 5.97 Å². The number of benzene rings is 1. The molecule has 5 rings (SSSR count). The standard InChI is InChI=1S/C24H27N5O2S/c30-24(31)17-7-9-21-20(14-17)19(8-6-16-4-2-1-3-5-16)23(18-11-13-32-15-18)29(21)12-10-22-25-27-28-26-22/h7,9,11,13-16H,1-6,8,10,12H2,(H,30,31)(H,25,26,27,28). The van der Waals surface area contributed by atoms with Crippen molar-refractivity contribution >= 4 is 28.2 Å². The van der Waals surface area contributed by atoms with Crippen LogP contribution in [-0.4, -0.2) is 36.3 Å². The molecule has 0 saturated heterocycles. The van der Waals surface area contributed by atoms with Gasteiger partial charge in [0.1, 0.15) is 0 Å². The van der Waals surface area contributed by atoms with Crippen molar-refractivity contribution in [3.8, 4) is 11.3 Å². The summed E-state index contributed by atoms with van der Waals surface area (Å²) in [6.07, 6.45) is 9.40. The molecule has 4 aromatic rings. The SMILES string of the molecule is O=C(O)c1ccc2c(c1)c(CCC1CCCCC1)c(-c1ccsc1)n2CCc1nn[nH]n1. The Hall–Kier alpha value is -3.00. The third kappa shape index (κ3) is 4.19. The predicted molar refractivity (Wildman–Crippen MR) is 125 cm³/mol. The van der Waals surface area contributed by atoms with Crippen LogP contribution in [0.5, 0.6) is 0 Å². The number of carbonyl (C=O) groups is 1. The van der Waals surface area contributed by atoms with Gasteiger partial charge in [0.15, 0.2) is 5.82 Å². The summed E-state index contributed by atoms with van der Waals surface area (Å²) in [6.45, 7) is 0.705. The number of nitrogens with zero attached hydrogens (tertiary/aromatic N) is 4. The van der Waals surface area contributed by atoms with Crippen molar-refractivity contribution in [1.82, 2.24) is 25.2 Å². The van der Waals surface area contributed by atoms with E-state index >= 15 is 0 Å². The normalized spacial score (nSPS) is 14.9. The van der Waals surface area contributed by atoms with Gasteiger partial charge in [0.05, 0.1) is 11.3 Å². The molecule has 1 saturated carbocycles. The van der Waals surface area contributed by atoms with Gasteiger partial charge in [-0.2, -0.15) is 16.6 Å². The van der Waals surface area contributed by atoms with Gasteiger partial charge in [-0.15, -0.1) is 10.2 Å². The van der Waals surface area contributed by atoms with Gasteiger partial charge in [0, 0.05) is 34.8 Å². The van der Waals surface area contributed by atoms with Crippen LogP contribution in [0.4, 0.5) is 0 Å². The van der Waals surface area contributed by atoms with E-state index in [-0.39, 0.29) is 0 Å². The maximum atomic E-state index is 11.7. The Morgan fingerprint density at radius 2 is 2.06 bits per heavy atom. The number of aromatic nitrogens is 5. The average Bonchev–Trinajstić information content (AvgIpc) is 3.57. The van der Waals surface area contributed by atoms with Crippen molar-refractivity contribution < 1.29 is 9.90 Å². The van der Waals surface area contributed by atoms with E-state index in [1.54, 1.807) is 17.4 Å². The van der Waals surface area contributed by atoms with Crippen molar-refractivity contribution in [2.45, 2.75) is 57.9 Å². The number of fused-ring (bicyclic) bond motifs is 1. The maximum absolute atomic E-state index is 11.7. The smallest absolute Gasteiger partial charge is 0.335 e. The van der Waals surface area contributed by atoms with Gasteiger partial charge >= 0.3 is 5.97 Å². The molecule has 3 heterocycles. The van der Waals surface area contributed by atoms with E-state index in [1.165, 1.54) is 48.9 Å². The summed E-state index contributed by atoms with van der Waals surface area (Å²) in [6, 6.07) is 7.67. The van der Waals surface area contributed by atoms with Crippen LogP contribution in [0.3, 0.4) is 0 Å². The van der Waals surface area contributed by atoms with Crippen molar-refractivity contribution in [2.75, 3.05) is 0 Å². The van der Waals surface area contributed by atoms with Crippen LogP contribution in [0.2, 0.25) is 0 Å². The molecule has 1 fully saturated rings. The molecule has 8 heteroatoms. The minimum Gasteiger partial charge on any atom is -0.478 e. The van der Waals surface area contributed by atoms with Crippen LogP contribution < -0.4 is 0 Å². The zero-order valence-corrected chi connectivity index (χ0v) is 18.8. The van der Waals surface area contributed by atoms with Gasteiger partial charge in [-0.1, -0.05) is 37.3 Å². The number of aromatic amines is 1. The summed E-state index contributed by atoms with van der Waals surface area (Å²) >= 11 is 1.68. The second kappa shape index (κ2) is 9.24. The lowest BCUT2D eigenvalue weighted by Crippen LogP contribution is -2.08. The molecule has 32 heavy (non-hydrogen) atoms. The highest BCUT2D eigenvalue weighted by Crippen LogP contribution is 2.38. The van der Waals surface area contributed by atoms with Crippen molar-refractivity contribution in [2.24, 2.45) is 5.92 Å². The Morgan fingerprint density at radius 1 is 1.19 bits per heavy atom. The predicted octanol–water partition coefficient (Wildman–Crippen LogP) is 5.34. The van der Waals surface area contributed by atoms with E-state index in [0.29, 0.717) is 24.4 Å². The molecular formula is C24H27N5O2S. The number of thiophene rings is 1. The number of hydrogen-bond donors (Lipinski definition) is 2. The molecule has 2 N–H and O–H groups in total. The number of aryl methyl sites for hydroxylation is 3. The highest BCUT2D eigenvalue weighted by molar-refractivity contribution is 7.08. The summed E-state index contributed by atoms with van der Waals surface area (Å²) in [7, 11) is 0. The van der Waals surface area contributed by atoms with E-state index in [2.05, 4.69) is 42.0 Å². The Bertz CT molecular complexity index is 1190. The second-order valence-electron chi connectivity index (χ2n) is 8.65. The lowest BCUT2D eigenvalue weighted by molar-refractivity contribution is 0.0697. The first-order valence-corrected chi connectivity index (χ1v) is 12.3. The molecule has 1 aliphatic rings. The monoisotopic (exact) mass is 449 g/mol. The number of aromatic carboxylic acids is 1. The molecule has 0 spiro atoms. The van der Waals surface area contributed by atoms with Crippen LogP contribution in [0.1, 0.15) is 60.3 Å². The lowest BCUT2D eigenvalue weighted by Gasteiger charge is -2.21. The molecule has 0 unspecified atom stereocenters. The molecule has 0 atom stereocenters. The Morgan fingerprint density at radius 3 is 2.78 bits per heavy atom. The number of carboxylic acids is 1. The Balaban J connectivity index is 1.60. The molecule has 0 radical (unpaired) electrons. The first-order valence-electron chi connectivity index (χ1n) is 11.3. The summed E-state index contributed by atoms with van der Waals surface area (Å²) < 4.78 is 2.32. The largest absolute Gasteiger partial charge is 0.478 e. The second-order valence-corrected chi connectivity index (χ2v) is 9.43. The van der Waals surface area contributed by atoms with Gasteiger partial charge < -0.3 is 9.67 Å². The minimum atomic E-state index is -0.887. The minimum absolute atomic E-state index is 0.337. The van der Waals surface area contributed by atoms with Gasteiger partial charge in [0.25, 0.3) is 0 Å². The molecule has 166 valence electrons. The number of H-pyrrole nitrogens is 1. The topological polar surface area (TPSA) is 96.7 Å². The summed E-state index contributed by atoms with van der Waals surface area (Å²) in [5.74, 6) is 0.551. The van der Waals surface area contributed by atoms with E-state index in [9.17, 15) is 9.90 Å². The average molecular weight is 450 g/mol. The molecule has 7 nitrogen and oxygen atoms in total. The van der Waals surface area contributed by atoms with Crippen molar-refractivity contribution in [3.63, 3.8) is 0 Å². The van der Waals surface area contributed by atoms with Gasteiger partial charge in [-0.25, -0.2) is 4.79 Å². The number of nitrogens with one attached hydrogen (secondary N) is 1. The van der Waals surface area contributed by atoms with Gasteiger partial charge in [-0.3, -0.25) is 0 Å². The fourth-order valence-corrected chi connectivity index (χ4v) is 5.74. The third-order valence-electron chi connectivity index (χ3n) is 6.69. The zero-order chi connectivity index (χ0) is 21.9. The zero-order valence-electron chi connectivity index (χ0n) is 18.0. The number of hydrogen-bond acceptors (Lipinski definition) is 5. The highest BCUT2D eigenvalue weighted by atomic mass is 32.1. The Kier molecular flexibility index (Phi) is 6.03. The van der Waals surface area contributed by atoms with Gasteiger partial charge in [-0.05, 0) is 54.0 Å². The van der Waals surface area contributed by atoms with E-state index in [1.807, 2.05) is 12.1 Å². The van der Waals surface area contributed by atoms with Crippen LogP contribution >= 0.6 is 11.3 Å². The van der Waals surface area contributed by atoms with Gasteiger partial charge in [0.2, 0.25) is 0 Å². The van der Waals surface area contributed by atoms with Crippen LogP contribution in [0, 0.1) is 5.92 Å². The highest BCUT2D eigenvalue weighted by Gasteiger charge is 2.22. The van der Waals surface area contributed by atoms with Crippen LogP contribution in [0.15, 0.2) is 35.0 Å². The van der Waals surface area contributed by atoms with E-state index in [0.717, 1.165) is 29.7 Å². The van der Waals surface area contributed by atoms with Crippen LogP contribution in [0.25, 0.3) is 22.2 Å². The fourth-order valence-electron chi connectivity index (χ4n) is 5.10. The van der Waals surface area contributed by atoms with Crippen LogP contribution in [-0.2, 0) is 19.4 Å². The third-order valence-corrected chi connectivity index (χ3v) is 7.37. The van der Waals surface area contributed by atoms with E-state index in [4.69, 9.17) is 0 Å². The number of tetrazole rings is 1. The number of rotatable bonds is 8. The first-order chi connectivity index (χ1) is 15.7. The lowest BCUT2D eigenvalue weighted by atomic mass is 9.84. The summed E-state index contributed by atoms with van der Waals surface area (Å²) in [4.78, 5) is 11.7. The fraction of sp³-hybridized carbons (Fsp3) is 0.417.